The van der Waals surface area contributed by atoms with Gasteiger partial charge in [-0.3, -0.25) is 14.9 Å². The highest BCUT2D eigenvalue weighted by Crippen LogP contribution is 2.37. The van der Waals surface area contributed by atoms with Gasteiger partial charge in [0.1, 0.15) is 23.7 Å². The Morgan fingerprint density at radius 1 is 1.19 bits per heavy atom. The third-order valence-corrected chi connectivity index (χ3v) is 3.30. The SMILES string of the molecule is C=C(COc1ccc(F)cc1)C(=O)Nc1ccc([N+](=O)[O-])c(C(F)(F)F)c1. The first kappa shape index (κ1) is 19.9. The third-order valence-electron chi connectivity index (χ3n) is 3.30. The first-order valence-corrected chi connectivity index (χ1v) is 7.31. The molecule has 0 aromatic heterocycles. The Morgan fingerprint density at radius 3 is 2.37 bits per heavy atom. The maximum absolute atomic E-state index is 12.9. The molecule has 10 heteroatoms. The van der Waals surface area contributed by atoms with Gasteiger partial charge in [0.15, 0.2) is 0 Å². The highest BCUT2D eigenvalue weighted by molar-refractivity contribution is 6.03. The minimum Gasteiger partial charge on any atom is -0.489 e. The van der Waals surface area contributed by atoms with Crippen LogP contribution in [-0.2, 0) is 11.0 Å². The number of carbonyl (C=O) groups is 1. The Labute approximate surface area is 150 Å². The second kappa shape index (κ2) is 7.85. The number of nitro benzene ring substituents is 1. The van der Waals surface area contributed by atoms with E-state index in [1.54, 1.807) is 0 Å². The summed E-state index contributed by atoms with van der Waals surface area (Å²) in [7, 11) is 0. The normalized spacial score (nSPS) is 11.0. The largest absolute Gasteiger partial charge is 0.489 e. The van der Waals surface area contributed by atoms with Crippen molar-refractivity contribution >= 4 is 17.3 Å². The van der Waals surface area contributed by atoms with Crippen molar-refractivity contribution in [2.45, 2.75) is 6.18 Å². The zero-order chi connectivity index (χ0) is 20.2. The highest BCUT2D eigenvalue weighted by Gasteiger charge is 2.38. The molecule has 2 aromatic rings. The standard InChI is InChI=1S/C17H12F4N2O4/c1-10(9-27-13-5-2-11(18)3-6-13)16(24)22-12-4-7-15(23(25)26)14(8-12)17(19,20)21/h2-8H,1,9H2,(H,22,24). The zero-order valence-electron chi connectivity index (χ0n) is 13.5. The van der Waals surface area contributed by atoms with Gasteiger partial charge >= 0.3 is 6.18 Å². The van der Waals surface area contributed by atoms with Crippen LogP contribution < -0.4 is 10.1 Å². The van der Waals surface area contributed by atoms with Gasteiger partial charge in [0.2, 0.25) is 0 Å². The Bertz CT molecular complexity index is 879. The maximum Gasteiger partial charge on any atom is 0.423 e. The number of carbonyl (C=O) groups excluding carboxylic acids is 1. The Hall–Kier alpha value is -3.43. The summed E-state index contributed by atoms with van der Waals surface area (Å²) in [5.41, 5.74) is -3.02. The average Bonchev–Trinajstić information content (AvgIpc) is 2.60. The van der Waals surface area contributed by atoms with Crippen molar-refractivity contribution in [1.29, 1.82) is 0 Å². The topological polar surface area (TPSA) is 81.5 Å². The number of alkyl halides is 3. The van der Waals surface area contributed by atoms with Crippen molar-refractivity contribution < 1.29 is 32.0 Å². The molecule has 0 spiro atoms. The third kappa shape index (κ3) is 5.27. The molecular formula is C17H12F4N2O4. The van der Waals surface area contributed by atoms with Gasteiger partial charge in [0.25, 0.3) is 11.6 Å². The van der Waals surface area contributed by atoms with Crippen LogP contribution in [0.2, 0.25) is 0 Å². The van der Waals surface area contributed by atoms with E-state index in [1.165, 1.54) is 12.1 Å². The molecule has 27 heavy (non-hydrogen) atoms. The molecule has 1 N–H and O–H groups in total. The van der Waals surface area contributed by atoms with Crippen LogP contribution >= 0.6 is 0 Å². The van der Waals surface area contributed by atoms with E-state index in [1.807, 2.05) is 0 Å². The zero-order valence-corrected chi connectivity index (χ0v) is 13.5. The Balaban J connectivity index is 2.07. The van der Waals surface area contributed by atoms with E-state index >= 15 is 0 Å². The molecule has 0 bridgehead atoms. The lowest BCUT2D eigenvalue weighted by molar-refractivity contribution is -0.388. The summed E-state index contributed by atoms with van der Waals surface area (Å²) in [5, 5.41) is 12.9. The predicted molar refractivity (Wildman–Crippen MR) is 87.8 cm³/mol. The van der Waals surface area contributed by atoms with E-state index in [9.17, 15) is 32.5 Å². The molecule has 142 valence electrons. The van der Waals surface area contributed by atoms with Crippen LogP contribution in [0, 0.1) is 15.9 Å². The van der Waals surface area contributed by atoms with E-state index in [4.69, 9.17) is 4.74 Å². The molecule has 0 aliphatic rings. The molecule has 1 amide bonds. The molecule has 0 saturated carbocycles. The number of ether oxygens (including phenoxy) is 1. The quantitative estimate of drug-likeness (QED) is 0.348. The summed E-state index contributed by atoms with van der Waals surface area (Å²) in [6, 6.07) is 7.03. The molecule has 2 rings (SSSR count). The lowest BCUT2D eigenvalue weighted by Gasteiger charge is -2.12. The number of nitrogens with one attached hydrogen (secondary N) is 1. The van der Waals surface area contributed by atoms with Crippen LogP contribution in [0.5, 0.6) is 5.75 Å². The summed E-state index contributed by atoms with van der Waals surface area (Å²) >= 11 is 0. The van der Waals surface area contributed by atoms with Gasteiger partial charge in [-0.1, -0.05) is 6.58 Å². The lowest BCUT2D eigenvalue weighted by Crippen LogP contribution is -2.19. The van der Waals surface area contributed by atoms with Crippen molar-refractivity contribution in [3.8, 4) is 5.75 Å². The number of benzene rings is 2. The van der Waals surface area contributed by atoms with Crippen LogP contribution in [0.3, 0.4) is 0 Å². The number of nitro groups is 1. The Kier molecular flexibility index (Phi) is 5.78. The molecule has 0 aliphatic heterocycles. The fraction of sp³-hybridized carbons (Fsp3) is 0.118. The van der Waals surface area contributed by atoms with Crippen molar-refractivity contribution in [3.63, 3.8) is 0 Å². The van der Waals surface area contributed by atoms with Crippen molar-refractivity contribution in [2.75, 3.05) is 11.9 Å². The molecule has 0 unspecified atom stereocenters. The second-order valence-corrected chi connectivity index (χ2v) is 5.29. The minimum absolute atomic E-state index is 0.119. The highest BCUT2D eigenvalue weighted by atomic mass is 19.4. The van der Waals surface area contributed by atoms with Gasteiger partial charge in [0.05, 0.1) is 4.92 Å². The van der Waals surface area contributed by atoms with E-state index < -0.39 is 34.1 Å². The fourth-order valence-electron chi connectivity index (χ4n) is 1.99. The summed E-state index contributed by atoms with van der Waals surface area (Å²) < 4.78 is 56.8. The summed E-state index contributed by atoms with van der Waals surface area (Å²) in [6.45, 7) is 3.16. The smallest absolute Gasteiger partial charge is 0.423 e. The minimum atomic E-state index is -4.97. The van der Waals surface area contributed by atoms with Gasteiger partial charge in [-0.25, -0.2) is 4.39 Å². The summed E-state index contributed by atoms with van der Waals surface area (Å²) in [6.07, 6.45) is -4.97. The van der Waals surface area contributed by atoms with Crippen LogP contribution in [0.25, 0.3) is 0 Å². The first-order chi connectivity index (χ1) is 12.6. The number of anilines is 1. The molecule has 2 aromatic carbocycles. The monoisotopic (exact) mass is 384 g/mol. The number of amides is 1. The average molecular weight is 384 g/mol. The summed E-state index contributed by atoms with van der Waals surface area (Å²) in [5.74, 6) is -1.04. The molecule has 0 heterocycles. The van der Waals surface area contributed by atoms with Crippen LogP contribution in [0.15, 0.2) is 54.6 Å². The molecule has 0 atom stereocenters. The predicted octanol–water partition coefficient (Wildman–Crippen LogP) is 4.33. The molecule has 0 aliphatic carbocycles. The number of rotatable bonds is 6. The molecule has 6 nitrogen and oxygen atoms in total. The van der Waals surface area contributed by atoms with Crippen molar-refractivity contribution in [1.82, 2.24) is 0 Å². The fourth-order valence-corrected chi connectivity index (χ4v) is 1.99. The molecule has 0 saturated heterocycles. The Morgan fingerprint density at radius 2 is 1.81 bits per heavy atom. The molecule has 0 fully saturated rings. The number of halogens is 4. The van der Waals surface area contributed by atoms with Crippen molar-refractivity contribution in [2.24, 2.45) is 0 Å². The van der Waals surface area contributed by atoms with E-state index in [-0.39, 0.29) is 23.6 Å². The van der Waals surface area contributed by atoms with Crippen LogP contribution in [0.4, 0.5) is 28.9 Å². The van der Waals surface area contributed by atoms with Gasteiger partial charge in [-0.15, -0.1) is 0 Å². The van der Waals surface area contributed by atoms with Gasteiger partial charge in [-0.2, -0.15) is 13.2 Å². The number of hydrogen-bond acceptors (Lipinski definition) is 4. The number of hydrogen-bond donors (Lipinski definition) is 1. The second-order valence-electron chi connectivity index (χ2n) is 5.29. The van der Waals surface area contributed by atoms with Gasteiger partial charge in [-0.05, 0) is 36.4 Å². The lowest BCUT2D eigenvalue weighted by atomic mass is 10.1. The summed E-state index contributed by atoms with van der Waals surface area (Å²) in [4.78, 5) is 21.6. The van der Waals surface area contributed by atoms with E-state index in [0.29, 0.717) is 12.1 Å². The van der Waals surface area contributed by atoms with Crippen LogP contribution in [0.1, 0.15) is 5.56 Å². The van der Waals surface area contributed by atoms with Gasteiger partial charge < -0.3 is 10.1 Å². The molecule has 0 radical (unpaired) electrons. The van der Waals surface area contributed by atoms with Crippen LogP contribution in [-0.4, -0.2) is 17.4 Å². The van der Waals surface area contributed by atoms with E-state index in [2.05, 4.69) is 11.9 Å². The van der Waals surface area contributed by atoms with Crippen molar-refractivity contribution in [3.05, 3.63) is 76.1 Å². The first-order valence-electron chi connectivity index (χ1n) is 7.31. The number of nitrogens with zero attached hydrogens (tertiary/aromatic N) is 1. The van der Waals surface area contributed by atoms with Gasteiger partial charge in [0, 0.05) is 17.3 Å². The molecular weight excluding hydrogens is 372 g/mol. The van der Waals surface area contributed by atoms with E-state index in [0.717, 1.165) is 18.2 Å². The maximum atomic E-state index is 12.9.